The summed E-state index contributed by atoms with van der Waals surface area (Å²) in [4.78, 5) is 21.6. The van der Waals surface area contributed by atoms with Crippen LogP contribution in [0.4, 0.5) is 4.79 Å². The maximum Gasteiger partial charge on any atom is 0.323 e. The molecule has 0 aliphatic heterocycles. The van der Waals surface area contributed by atoms with Crippen LogP contribution in [0.25, 0.3) is 0 Å². The largest absolute Gasteiger partial charge is 0.480 e. The third-order valence-electron chi connectivity index (χ3n) is 2.40. The lowest BCUT2D eigenvalue weighted by Crippen LogP contribution is -2.39. The van der Waals surface area contributed by atoms with Gasteiger partial charge in [-0.15, -0.1) is 0 Å². The van der Waals surface area contributed by atoms with Crippen LogP contribution in [-0.4, -0.2) is 23.7 Å². The number of rotatable bonds is 4. The summed E-state index contributed by atoms with van der Waals surface area (Å²) in [5.74, 6) is -1.07. The molecule has 0 heterocycles. The standard InChI is InChI=1S/C12H16N2O3/c1-8-5-3-4-6-10(8)9(2)14-12(17)13-7-11(15)16/h3-6,9H,7H2,1-2H3,(H,15,16)(H2,13,14,17). The molecule has 5 heteroatoms. The number of carbonyl (C=O) groups is 2. The van der Waals surface area contributed by atoms with Crippen LogP contribution in [0.1, 0.15) is 24.1 Å². The van der Waals surface area contributed by atoms with E-state index in [0.717, 1.165) is 11.1 Å². The molecule has 1 rings (SSSR count). The Kier molecular flexibility index (Phi) is 4.51. The number of aryl methyl sites for hydroxylation is 1. The zero-order valence-electron chi connectivity index (χ0n) is 9.86. The summed E-state index contributed by atoms with van der Waals surface area (Å²) >= 11 is 0. The molecule has 0 aromatic heterocycles. The fraction of sp³-hybridized carbons (Fsp3) is 0.333. The molecule has 0 spiro atoms. The number of hydrogen-bond donors (Lipinski definition) is 3. The van der Waals surface area contributed by atoms with Crippen molar-refractivity contribution in [2.75, 3.05) is 6.54 Å². The van der Waals surface area contributed by atoms with Crippen molar-refractivity contribution in [1.29, 1.82) is 0 Å². The molecule has 2 amide bonds. The highest BCUT2D eigenvalue weighted by Gasteiger charge is 2.11. The number of nitrogens with one attached hydrogen (secondary N) is 2. The van der Waals surface area contributed by atoms with E-state index >= 15 is 0 Å². The molecule has 0 fully saturated rings. The van der Waals surface area contributed by atoms with Crippen molar-refractivity contribution >= 4 is 12.0 Å². The van der Waals surface area contributed by atoms with E-state index in [-0.39, 0.29) is 12.6 Å². The first kappa shape index (κ1) is 13.0. The van der Waals surface area contributed by atoms with E-state index in [9.17, 15) is 9.59 Å². The van der Waals surface area contributed by atoms with Gasteiger partial charge in [-0.1, -0.05) is 24.3 Å². The molecule has 1 aromatic carbocycles. The van der Waals surface area contributed by atoms with Crippen LogP contribution in [0, 0.1) is 6.92 Å². The number of aliphatic carboxylic acids is 1. The van der Waals surface area contributed by atoms with Gasteiger partial charge in [0, 0.05) is 0 Å². The summed E-state index contributed by atoms with van der Waals surface area (Å²) in [6.07, 6.45) is 0. The molecule has 3 N–H and O–H groups in total. The quantitative estimate of drug-likeness (QED) is 0.740. The van der Waals surface area contributed by atoms with Gasteiger partial charge in [0.25, 0.3) is 0 Å². The van der Waals surface area contributed by atoms with Gasteiger partial charge >= 0.3 is 12.0 Å². The lowest BCUT2D eigenvalue weighted by atomic mass is 10.0. The fourth-order valence-corrected chi connectivity index (χ4v) is 1.55. The summed E-state index contributed by atoms with van der Waals surface area (Å²) in [5.41, 5.74) is 2.09. The molecule has 0 bridgehead atoms. The minimum absolute atomic E-state index is 0.162. The van der Waals surface area contributed by atoms with Crippen molar-refractivity contribution in [2.45, 2.75) is 19.9 Å². The first-order chi connectivity index (χ1) is 8.00. The fourth-order valence-electron chi connectivity index (χ4n) is 1.55. The summed E-state index contributed by atoms with van der Waals surface area (Å²) in [7, 11) is 0. The smallest absolute Gasteiger partial charge is 0.323 e. The second-order valence-corrected chi connectivity index (χ2v) is 3.80. The molecule has 1 unspecified atom stereocenters. The SMILES string of the molecule is Cc1ccccc1C(C)NC(=O)NCC(=O)O. The maximum atomic E-state index is 11.4. The van der Waals surface area contributed by atoms with Crippen LogP contribution in [0.2, 0.25) is 0 Å². The number of amides is 2. The first-order valence-corrected chi connectivity index (χ1v) is 5.32. The lowest BCUT2D eigenvalue weighted by molar-refractivity contribution is -0.135. The van der Waals surface area contributed by atoms with Gasteiger partial charge in [-0.3, -0.25) is 4.79 Å². The molecular weight excluding hydrogens is 220 g/mol. The average molecular weight is 236 g/mol. The van der Waals surface area contributed by atoms with E-state index < -0.39 is 12.0 Å². The third kappa shape index (κ3) is 4.14. The van der Waals surface area contributed by atoms with E-state index in [0.29, 0.717) is 0 Å². The topological polar surface area (TPSA) is 78.4 Å². The van der Waals surface area contributed by atoms with Crippen LogP contribution < -0.4 is 10.6 Å². The number of benzene rings is 1. The highest BCUT2D eigenvalue weighted by molar-refractivity contribution is 5.80. The Morgan fingerprint density at radius 3 is 2.59 bits per heavy atom. The zero-order valence-corrected chi connectivity index (χ0v) is 9.86. The first-order valence-electron chi connectivity index (χ1n) is 5.32. The van der Waals surface area contributed by atoms with Gasteiger partial charge in [-0.2, -0.15) is 0 Å². The number of hydrogen-bond acceptors (Lipinski definition) is 2. The molecule has 5 nitrogen and oxygen atoms in total. The third-order valence-corrected chi connectivity index (χ3v) is 2.40. The van der Waals surface area contributed by atoms with Gasteiger partial charge < -0.3 is 15.7 Å². The Morgan fingerprint density at radius 2 is 2.00 bits per heavy atom. The van der Waals surface area contributed by atoms with Crippen molar-refractivity contribution < 1.29 is 14.7 Å². The molecule has 1 aromatic rings. The summed E-state index contributed by atoms with van der Waals surface area (Å²) in [6, 6.07) is 7.07. The van der Waals surface area contributed by atoms with Gasteiger partial charge in [-0.25, -0.2) is 4.79 Å². The van der Waals surface area contributed by atoms with Crippen molar-refractivity contribution in [2.24, 2.45) is 0 Å². The number of carboxylic acids is 1. The van der Waals surface area contributed by atoms with E-state index in [1.807, 2.05) is 38.1 Å². The second-order valence-electron chi connectivity index (χ2n) is 3.80. The van der Waals surface area contributed by atoms with Crippen molar-refractivity contribution in [1.82, 2.24) is 10.6 Å². The van der Waals surface area contributed by atoms with Crippen molar-refractivity contribution in [3.8, 4) is 0 Å². The Labute approximate surface area is 99.8 Å². The number of carbonyl (C=O) groups excluding carboxylic acids is 1. The minimum atomic E-state index is -1.07. The summed E-state index contributed by atoms with van der Waals surface area (Å²) in [6.45, 7) is 3.43. The molecule has 0 aliphatic rings. The van der Waals surface area contributed by atoms with Crippen molar-refractivity contribution in [3.63, 3.8) is 0 Å². The average Bonchev–Trinajstić information content (AvgIpc) is 2.26. The molecule has 0 aliphatic carbocycles. The van der Waals surface area contributed by atoms with Gasteiger partial charge in [0.05, 0.1) is 6.04 Å². The Morgan fingerprint density at radius 1 is 1.35 bits per heavy atom. The highest BCUT2D eigenvalue weighted by atomic mass is 16.4. The predicted molar refractivity (Wildman–Crippen MR) is 63.8 cm³/mol. The van der Waals surface area contributed by atoms with Crippen molar-refractivity contribution in [3.05, 3.63) is 35.4 Å². The summed E-state index contributed by atoms with van der Waals surface area (Å²) < 4.78 is 0. The number of carboxylic acid groups (broad SMARTS) is 1. The van der Waals surface area contributed by atoms with Gasteiger partial charge in [0.15, 0.2) is 0 Å². The lowest BCUT2D eigenvalue weighted by Gasteiger charge is -2.16. The molecule has 1 atom stereocenters. The van der Waals surface area contributed by atoms with Crippen LogP contribution >= 0.6 is 0 Å². The van der Waals surface area contributed by atoms with Gasteiger partial charge in [0.1, 0.15) is 6.54 Å². The van der Waals surface area contributed by atoms with Crippen LogP contribution in [0.15, 0.2) is 24.3 Å². The predicted octanol–water partition coefficient (Wildman–Crippen LogP) is 1.44. The molecular formula is C12H16N2O3. The van der Waals surface area contributed by atoms with E-state index in [1.54, 1.807) is 0 Å². The van der Waals surface area contributed by atoms with Crippen LogP contribution in [-0.2, 0) is 4.79 Å². The molecule has 17 heavy (non-hydrogen) atoms. The Hall–Kier alpha value is -2.04. The zero-order chi connectivity index (χ0) is 12.8. The Bertz CT molecular complexity index is 418. The summed E-state index contributed by atoms with van der Waals surface area (Å²) in [5, 5.41) is 13.3. The highest BCUT2D eigenvalue weighted by Crippen LogP contribution is 2.16. The monoisotopic (exact) mass is 236 g/mol. The molecule has 0 saturated heterocycles. The number of urea groups is 1. The van der Waals surface area contributed by atoms with E-state index in [1.165, 1.54) is 0 Å². The normalized spacial score (nSPS) is 11.6. The van der Waals surface area contributed by atoms with Crippen LogP contribution in [0.3, 0.4) is 0 Å². The van der Waals surface area contributed by atoms with Gasteiger partial charge in [-0.05, 0) is 25.0 Å². The second kappa shape index (κ2) is 5.89. The van der Waals surface area contributed by atoms with E-state index in [4.69, 9.17) is 5.11 Å². The minimum Gasteiger partial charge on any atom is -0.480 e. The molecule has 0 radical (unpaired) electrons. The van der Waals surface area contributed by atoms with Gasteiger partial charge in [0.2, 0.25) is 0 Å². The Balaban J connectivity index is 2.55. The van der Waals surface area contributed by atoms with Crippen LogP contribution in [0.5, 0.6) is 0 Å². The maximum absolute atomic E-state index is 11.4. The molecule has 92 valence electrons. The molecule has 0 saturated carbocycles. The van der Waals surface area contributed by atoms with E-state index in [2.05, 4.69) is 10.6 Å².